The summed E-state index contributed by atoms with van der Waals surface area (Å²) in [5.74, 6) is 0. The van der Waals surface area contributed by atoms with Crippen LogP contribution in [0, 0.1) is 0 Å². The smallest absolute Gasteiger partial charge is 0.0768 e. The van der Waals surface area contributed by atoms with Crippen molar-refractivity contribution in [2.75, 3.05) is 26.2 Å². The van der Waals surface area contributed by atoms with Crippen molar-refractivity contribution in [3.63, 3.8) is 0 Å². The molecular weight excluding hydrogens is 166 g/mol. The highest BCUT2D eigenvalue weighted by molar-refractivity contribution is 4.79. The van der Waals surface area contributed by atoms with Gasteiger partial charge in [-0.1, -0.05) is 20.8 Å². The third-order valence-electron chi connectivity index (χ3n) is 2.70. The van der Waals surface area contributed by atoms with E-state index in [9.17, 15) is 5.11 Å². The van der Waals surface area contributed by atoms with E-state index in [0.29, 0.717) is 13.1 Å². The molecule has 0 radical (unpaired) electrons. The third-order valence-corrected chi connectivity index (χ3v) is 2.70. The molecule has 0 atom stereocenters. The predicted octanol–water partition coefficient (Wildman–Crippen LogP) is 0.852. The topological polar surface area (TPSA) is 43.7 Å². The van der Waals surface area contributed by atoms with Gasteiger partial charge in [-0.15, -0.1) is 0 Å². The van der Waals surface area contributed by atoms with Gasteiger partial charge in [0.25, 0.3) is 0 Å². The molecule has 0 bridgehead atoms. The first kappa shape index (κ1) is 12.9. The zero-order valence-electron chi connectivity index (χ0n) is 9.08. The number of aliphatic hydroxyl groups is 2. The molecule has 0 aromatic carbocycles. The molecule has 0 saturated carbocycles. The Morgan fingerprint density at radius 2 is 1.69 bits per heavy atom. The fraction of sp³-hybridized carbons (Fsp3) is 1.00. The lowest BCUT2D eigenvalue weighted by Crippen LogP contribution is -2.43. The molecule has 3 heteroatoms. The Balaban J connectivity index is 4.02. The van der Waals surface area contributed by atoms with E-state index in [4.69, 9.17) is 5.11 Å². The second kappa shape index (κ2) is 6.35. The number of aliphatic hydroxyl groups excluding tert-OH is 1. The average molecular weight is 189 g/mol. The minimum absolute atomic E-state index is 0.164. The number of likely N-dealkylation sites (N-methyl/N-ethyl adjacent to an activating group) is 1. The first-order valence-electron chi connectivity index (χ1n) is 5.17. The quantitative estimate of drug-likeness (QED) is 0.624. The third kappa shape index (κ3) is 4.60. The highest BCUT2D eigenvalue weighted by atomic mass is 16.3. The first-order chi connectivity index (χ1) is 6.11. The molecule has 0 unspecified atom stereocenters. The van der Waals surface area contributed by atoms with Crippen LogP contribution < -0.4 is 0 Å². The van der Waals surface area contributed by atoms with E-state index in [1.54, 1.807) is 0 Å². The summed E-state index contributed by atoms with van der Waals surface area (Å²) < 4.78 is 0. The van der Waals surface area contributed by atoms with Crippen LogP contribution in [-0.4, -0.2) is 47.0 Å². The molecule has 0 amide bonds. The van der Waals surface area contributed by atoms with E-state index in [1.165, 1.54) is 0 Å². The van der Waals surface area contributed by atoms with Gasteiger partial charge in [0.1, 0.15) is 0 Å². The van der Waals surface area contributed by atoms with Crippen molar-refractivity contribution in [2.24, 2.45) is 0 Å². The maximum absolute atomic E-state index is 10.0. The Kier molecular flexibility index (Phi) is 6.29. The molecule has 0 aliphatic carbocycles. The monoisotopic (exact) mass is 189 g/mol. The van der Waals surface area contributed by atoms with Crippen molar-refractivity contribution in [3.05, 3.63) is 0 Å². The number of hydrogen-bond acceptors (Lipinski definition) is 3. The Morgan fingerprint density at radius 3 is 2.00 bits per heavy atom. The highest BCUT2D eigenvalue weighted by Gasteiger charge is 2.24. The summed E-state index contributed by atoms with van der Waals surface area (Å²) in [4.78, 5) is 2.08. The molecule has 0 spiro atoms. The zero-order chi connectivity index (χ0) is 10.3. The fourth-order valence-electron chi connectivity index (χ4n) is 1.38. The van der Waals surface area contributed by atoms with Crippen molar-refractivity contribution in [2.45, 2.75) is 39.2 Å². The van der Waals surface area contributed by atoms with Gasteiger partial charge in [-0.25, -0.2) is 0 Å². The van der Waals surface area contributed by atoms with Crippen LogP contribution in [0.2, 0.25) is 0 Å². The maximum Gasteiger partial charge on any atom is 0.0768 e. The summed E-state index contributed by atoms with van der Waals surface area (Å²) >= 11 is 0. The molecular formula is C10H23NO2. The van der Waals surface area contributed by atoms with E-state index in [1.807, 2.05) is 20.8 Å². The molecule has 0 heterocycles. The predicted molar refractivity (Wildman–Crippen MR) is 54.7 cm³/mol. The van der Waals surface area contributed by atoms with E-state index in [-0.39, 0.29) is 6.61 Å². The summed E-state index contributed by atoms with van der Waals surface area (Å²) in [5, 5.41) is 18.8. The molecule has 0 aromatic rings. The fourth-order valence-corrected chi connectivity index (χ4v) is 1.38. The van der Waals surface area contributed by atoms with Gasteiger partial charge in [0.2, 0.25) is 0 Å². The Labute approximate surface area is 81.4 Å². The van der Waals surface area contributed by atoms with Crippen molar-refractivity contribution >= 4 is 0 Å². The molecule has 0 aliphatic rings. The summed E-state index contributed by atoms with van der Waals surface area (Å²) in [6.07, 6.45) is 1.54. The second-order valence-electron chi connectivity index (χ2n) is 3.52. The summed E-state index contributed by atoms with van der Waals surface area (Å²) in [5.41, 5.74) is -0.578. The summed E-state index contributed by atoms with van der Waals surface area (Å²) in [6, 6.07) is 0. The van der Waals surface area contributed by atoms with Crippen LogP contribution in [0.4, 0.5) is 0 Å². The van der Waals surface area contributed by atoms with Crippen molar-refractivity contribution < 1.29 is 10.2 Å². The summed E-state index contributed by atoms with van der Waals surface area (Å²) in [7, 11) is 0. The minimum atomic E-state index is -0.578. The molecule has 13 heavy (non-hydrogen) atoms. The Hall–Kier alpha value is -0.120. The lowest BCUT2D eigenvalue weighted by atomic mass is 9.97. The van der Waals surface area contributed by atoms with Gasteiger partial charge in [0.15, 0.2) is 0 Å². The maximum atomic E-state index is 10.0. The minimum Gasteiger partial charge on any atom is -0.395 e. The van der Waals surface area contributed by atoms with Gasteiger partial charge in [0, 0.05) is 13.1 Å². The number of hydrogen-bond donors (Lipinski definition) is 2. The molecule has 0 rings (SSSR count). The lowest BCUT2D eigenvalue weighted by Gasteiger charge is -2.31. The van der Waals surface area contributed by atoms with E-state index in [2.05, 4.69) is 4.90 Å². The number of rotatable bonds is 7. The van der Waals surface area contributed by atoms with Gasteiger partial charge in [0.05, 0.1) is 12.2 Å². The van der Waals surface area contributed by atoms with E-state index < -0.39 is 5.60 Å². The Morgan fingerprint density at radius 1 is 1.15 bits per heavy atom. The van der Waals surface area contributed by atoms with Crippen molar-refractivity contribution in [3.8, 4) is 0 Å². The molecule has 2 N–H and O–H groups in total. The van der Waals surface area contributed by atoms with Crippen molar-refractivity contribution in [1.29, 1.82) is 0 Å². The van der Waals surface area contributed by atoms with Gasteiger partial charge >= 0.3 is 0 Å². The molecule has 0 aliphatic heterocycles. The standard InChI is InChI=1S/C10H23NO2/c1-4-10(13,5-2)9-11(6-3)7-8-12/h12-13H,4-9H2,1-3H3. The van der Waals surface area contributed by atoms with Crippen LogP contribution in [-0.2, 0) is 0 Å². The Bertz CT molecular complexity index is 124. The second-order valence-corrected chi connectivity index (χ2v) is 3.52. The molecule has 0 fully saturated rings. The van der Waals surface area contributed by atoms with Crippen LogP contribution in [0.1, 0.15) is 33.6 Å². The lowest BCUT2D eigenvalue weighted by molar-refractivity contribution is -0.00531. The zero-order valence-corrected chi connectivity index (χ0v) is 9.08. The van der Waals surface area contributed by atoms with Crippen LogP contribution in [0.5, 0.6) is 0 Å². The molecule has 0 saturated heterocycles. The van der Waals surface area contributed by atoms with Gasteiger partial charge in [-0.3, -0.25) is 4.90 Å². The van der Waals surface area contributed by atoms with E-state index >= 15 is 0 Å². The molecule has 80 valence electrons. The van der Waals surface area contributed by atoms with E-state index in [0.717, 1.165) is 19.4 Å². The van der Waals surface area contributed by atoms with Gasteiger partial charge < -0.3 is 10.2 Å². The van der Waals surface area contributed by atoms with Gasteiger partial charge in [-0.05, 0) is 19.4 Å². The molecule has 3 nitrogen and oxygen atoms in total. The van der Waals surface area contributed by atoms with Gasteiger partial charge in [-0.2, -0.15) is 0 Å². The highest BCUT2D eigenvalue weighted by Crippen LogP contribution is 2.15. The van der Waals surface area contributed by atoms with Crippen LogP contribution in [0.3, 0.4) is 0 Å². The summed E-state index contributed by atoms with van der Waals surface area (Å²) in [6.45, 7) is 8.39. The SMILES string of the molecule is CCN(CCO)CC(O)(CC)CC. The van der Waals surface area contributed by atoms with Crippen LogP contribution in [0.15, 0.2) is 0 Å². The average Bonchev–Trinajstić information content (AvgIpc) is 2.17. The number of nitrogens with zero attached hydrogens (tertiary/aromatic N) is 1. The van der Waals surface area contributed by atoms with Crippen molar-refractivity contribution in [1.82, 2.24) is 4.90 Å². The normalized spacial score (nSPS) is 12.5. The van der Waals surface area contributed by atoms with Crippen LogP contribution >= 0.6 is 0 Å². The first-order valence-corrected chi connectivity index (χ1v) is 5.17. The largest absolute Gasteiger partial charge is 0.395 e. The van der Waals surface area contributed by atoms with Crippen LogP contribution in [0.25, 0.3) is 0 Å². The molecule has 0 aromatic heterocycles.